The topological polar surface area (TPSA) is 414 Å². The van der Waals surface area contributed by atoms with Crippen molar-refractivity contribution in [1.29, 1.82) is 0 Å². The number of aliphatic hydroxyl groups is 2. The second-order valence-electron chi connectivity index (χ2n) is 16.3. The number of aryl methyl sites for hydroxylation is 1. The molecular weight excluding hydrogens is 1020 g/mol. The Bertz CT molecular complexity index is 2800. The molecule has 0 bridgehead atoms. The van der Waals surface area contributed by atoms with Gasteiger partial charge in [-0.3, -0.25) is 37.3 Å². The summed E-state index contributed by atoms with van der Waals surface area (Å²) in [5.74, 6) is -2.18. The number of carbonyl (C=O) groups is 3. The molecule has 2 aliphatic heterocycles. The number of piperazine rings is 1. The minimum absolute atomic E-state index is 0.0136. The summed E-state index contributed by atoms with van der Waals surface area (Å²) < 4.78 is 79.2. The molecule has 0 aliphatic carbocycles. The van der Waals surface area contributed by atoms with Crippen LogP contribution < -0.4 is 32.0 Å². The van der Waals surface area contributed by atoms with Crippen LogP contribution in [0.25, 0.3) is 22.2 Å². The largest absolute Gasteiger partial charge is 0.481 e. The summed E-state index contributed by atoms with van der Waals surface area (Å²) in [5, 5.41) is 29.0. The summed E-state index contributed by atoms with van der Waals surface area (Å²) in [4.78, 5) is 109. The van der Waals surface area contributed by atoms with E-state index in [-0.39, 0.29) is 64.7 Å². The van der Waals surface area contributed by atoms with Gasteiger partial charge in [-0.1, -0.05) is 25.6 Å². The van der Waals surface area contributed by atoms with Crippen LogP contribution >= 0.6 is 35.2 Å². The normalized spacial score (nSPS) is 21.1. The number of pyridine rings is 2. The number of phosphoric ester groups is 3. The number of nitrogens with one attached hydrogen (secondary N) is 3. The Kier molecular flexibility index (Phi) is 17.7. The van der Waals surface area contributed by atoms with Gasteiger partial charge in [-0.15, -0.1) is 0 Å². The number of fused-ring (bicyclic) bond motifs is 2. The maximum atomic E-state index is 15.2. The maximum absolute atomic E-state index is 15.2. The first kappa shape index (κ1) is 54.9. The number of amides is 2. The Morgan fingerprint density at radius 2 is 1.76 bits per heavy atom. The van der Waals surface area contributed by atoms with Crippen LogP contribution in [0.5, 0.6) is 0 Å². The number of nitrogen functional groups attached to an aromatic ring is 1. The number of aliphatic hydroxyl groups excluding tert-OH is 2. The Morgan fingerprint density at radius 1 is 1.06 bits per heavy atom. The van der Waals surface area contributed by atoms with E-state index in [0.717, 1.165) is 35.0 Å². The molecule has 0 radical (unpaired) electrons. The fraction of sp³-hybridized carbons (Fsp3) is 0.556. The molecule has 4 aromatic rings. The fourth-order valence-electron chi connectivity index (χ4n) is 7.11. The summed E-state index contributed by atoms with van der Waals surface area (Å²) in [6.07, 6.45) is -5.86. The predicted molar refractivity (Wildman–Crippen MR) is 243 cm³/mol. The van der Waals surface area contributed by atoms with E-state index in [9.17, 15) is 62.7 Å². The predicted octanol–water partition coefficient (Wildman–Crippen LogP) is -0.743. The van der Waals surface area contributed by atoms with E-state index in [4.69, 9.17) is 19.5 Å². The van der Waals surface area contributed by atoms with Gasteiger partial charge in [0.2, 0.25) is 22.4 Å². The van der Waals surface area contributed by atoms with E-state index in [1.54, 1.807) is 16.4 Å². The number of hydrogen-bond acceptors (Lipinski definition) is 22. The van der Waals surface area contributed by atoms with Gasteiger partial charge in [-0.05, 0) is 13.0 Å². The van der Waals surface area contributed by atoms with Gasteiger partial charge in [0.25, 0.3) is 0 Å². The van der Waals surface area contributed by atoms with Gasteiger partial charge in [0.1, 0.15) is 41.9 Å². The zero-order valence-corrected chi connectivity index (χ0v) is 40.9. The van der Waals surface area contributed by atoms with Gasteiger partial charge in [0.15, 0.2) is 29.3 Å². The molecule has 0 aromatic carbocycles. The number of phosphoric acid groups is 3. The number of nitrogens with zero attached hydrogens (tertiary/aromatic N) is 7. The van der Waals surface area contributed by atoms with Crippen molar-refractivity contribution in [2.45, 2.75) is 64.4 Å². The smallest absolute Gasteiger partial charge is 0.386 e. The molecule has 0 spiro atoms. The van der Waals surface area contributed by atoms with Gasteiger partial charge in [-0.2, -0.15) is 4.31 Å². The van der Waals surface area contributed by atoms with Crippen LogP contribution in [0.2, 0.25) is 0 Å². The summed E-state index contributed by atoms with van der Waals surface area (Å²) in [6, 6.07) is 1.09. The minimum atomic E-state index is -5.62. The molecule has 2 amide bonds. The molecule has 4 aromatic heterocycles. The van der Waals surface area contributed by atoms with Gasteiger partial charge in [0.05, 0.1) is 30.5 Å². The van der Waals surface area contributed by atoms with Crippen molar-refractivity contribution in [3.63, 3.8) is 0 Å². The standard InChI is InChI=1S/C36H51FN11O18P3S/c1-4-46-14-20(25(50)19-13-21(37)31(45-30(19)46)47-10-7-39-8-11-47)35(54)70-12-9-40-23(49)5-6-41-33(53)28(52)36(2,3)16-63-69(60,61)66-68(58,59)62-15-22-27(65-67(55,56)57)26(51)34(64-22)48-18-44-24-29(38)42-17-43-32(24)48/h13-14,17-18,22,26-28,34,39,51-52H,4-12,15-16H2,1-3H3,(H,40,49)(H,41,53)(H,58,59)(H,60,61)(H2,38,42,43)(H2,55,56,57). The number of carbonyl (C=O) groups excluding carboxylic acids is 3. The van der Waals surface area contributed by atoms with Crippen molar-refractivity contribution >= 4 is 86.0 Å². The van der Waals surface area contributed by atoms with E-state index in [1.165, 1.54) is 20.0 Å². The molecule has 34 heteroatoms. The molecule has 386 valence electrons. The molecule has 6 heterocycles. The Hall–Kier alpha value is -4.39. The molecular formula is C36H51FN11O18P3S. The third-order valence-electron chi connectivity index (χ3n) is 10.7. The molecule has 29 nitrogen and oxygen atoms in total. The SMILES string of the molecule is CCn1cc(C(=O)SCCNC(=O)CCNC(=O)C(O)C(C)(C)COP(=O)(O)OP(=O)(O)OCC2OC(n3cnc4c(N)ncnc43)C(O)C2OP(=O)(O)O)c(=O)c2cc(F)c(N3CCNCC3)nc21. The second-order valence-corrected chi connectivity index (χ2v) is 21.6. The molecule has 70 heavy (non-hydrogen) atoms. The van der Waals surface area contributed by atoms with Crippen LogP contribution in [0, 0.1) is 11.2 Å². The van der Waals surface area contributed by atoms with Gasteiger partial charge >= 0.3 is 23.5 Å². The third-order valence-corrected chi connectivity index (χ3v) is 14.7. The highest BCUT2D eigenvalue weighted by Gasteiger charge is 2.50. The summed E-state index contributed by atoms with van der Waals surface area (Å²) in [5.41, 5.74) is 3.55. The van der Waals surface area contributed by atoms with E-state index in [1.807, 2.05) is 0 Å². The number of anilines is 2. The number of aromatic nitrogens is 6. The highest BCUT2D eigenvalue weighted by molar-refractivity contribution is 8.14. The maximum Gasteiger partial charge on any atom is 0.481 e. The molecule has 7 atom stereocenters. The fourth-order valence-corrected chi connectivity index (χ4v) is 10.6. The third kappa shape index (κ3) is 13.6. The average Bonchev–Trinajstić information content (AvgIpc) is 3.86. The number of thioether (sulfide) groups is 1. The highest BCUT2D eigenvalue weighted by atomic mass is 32.2. The monoisotopic (exact) mass is 1070 g/mol. The van der Waals surface area contributed by atoms with Crippen LogP contribution in [0.15, 0.2) is 29.7 Å². The second kappa shape index (κ2) is 22.6. The quantitative estimate of drug-likeness (QED) is 0.0342. The van der Waals surface area contributed by atoms with E-state index >= 15 is 4.39 Å². The van der Waals surface area contributed by atoms with Crippen LogP contribution in [-0.4, -0.2) is 158 Å². The first-order chi connectivity index (χ1) is 32.8. The Balaban J connectivity index is 0.928. The molecule has 6 rings (SSSR count). The van der Waals surface area contributed by atoms with Crippen LogP contribution in [0.1, 0.15) is 43.8 Å². The number of ether oxygens (including phenoxy) is 1. The van der Waals surface area contributed by atoms with Gasteiger partial charge < -0.3 is 65.7 Å². The number of hydrogen-bond donors (Lipinski definition) is 10. The molecule has 7 unspecified atom stereocenters. The first-order valence-electron chi connectivity index (χ1n) is 21.1. The summed E-state index contributed by atoms with van der Waals surface area (Å²) in [7, 11) is -16.5. The van der Waals surface area contributed by atoms with Gasteiger partial charge in [0, 0.05) is 69.6 Å². The summed E-state index contributed by atoms with van der Waals surface area (Å²) >= 11 is 0.753. The zero-order valence-electron chi connectivity index (χ0n) is 37.4. The van der Waals surface area contributed by atoms with Crippen molar-refractivity contribution in [1.82, 2.24) is 45.0 Å². The summed E-state index contributed by atoms with van der Waals surface area (Å²) in [6.45, 7) is 4.51. The average molecular weight is 1070 g/mol. The lowest BCUT2D eigenvalue weighted by atomic mass is 9.87. The van der Waals surface area contributed by atoms with E-state index in [0.29, 0.717) is 32.7 Å². The highest BCUT2D eigenvalue weighted by Crippen LogP contribution is 2.61. The number of imidazole rings is 1. The van der Waals surface area contributed by atoms with Gasteiger partial charge in [-0.25, -0.2) is 38.0 Å². The van der Waals surface area contributed by atoms with Crippen LogP contribution in [-0.2, 0) is 52.4 Å². The molecule has 2 fully saturated rings. The molecule has 11 N–H and O–H groups in total. The van der Waals surface area contributed by atoms with Crippen molar-refractivity contribution in [3.05, 3.63) is 46.5 Å². The lowest BCUT2D eigenvalue weighted by Gasteiger charge is -2.30. The van der Waals surface area contributed by atoms with Crippen molar-refractivity contribution in [2.75, 3.05) is 68.9 Å². The Morgan fingerprint density at radius 3 is 2.44 bits per heavy atom. The molecule has 2 saturated heterocycles. The van der Waals surface area contributed by atoms with Crippen LogP contribution in [0.3, 0.4) is 0 Å². The number of rotatable bonds is 22. The molecule has 0 saturated carbocycles. The minimum Gasteiger partial charge on any atom is -0.386 e. The Labute approximate surface area is 400 Å². The van der Waals surface area contributed by atoms with Crippen molar-refractivity contribution in [3.8, 4) is 0 Å². The van der Waals surface area contributed by atoms with Crippen molar-refractivity contribution in [2.24, 2.45) is 5.41 Å². The van der Waals surface area contributed by atoms with E-state index in [2.05, 4.69) is 44.7 Å². The number of halogens is 1. The lowest BCUT2D eigenvalue weighted by molar-refractivity contribution is -0.137. The zero-order chi connectivity index (χ0) is 51.3. The van der Waals surface area contributed by atoms with E-state index < -0.39 is 101 Å². The lowest BCUT2D eigenvalue weighted by Crippen LogP contribution is -2.46. The van der Waals surface area contributed by atoms with Crippen molar-refractivity contribution < 1.29 is 84.9 Å². The van der Waals surface area contributed by atoms with Crippen LogP contribution in [0.4, 0.5) is 16.0 Å². The first-order valence-corrected chi connectivity index (χ1v) is 26.6. The molecule has 2 aliphatic rings. The number of nitrogens with two attached hydrogens (primary N) is 1.